The molecule has 1 aromatic heterocycles. The molecule has 33 heavy (non-hydrogen) atoms. The Morgan fingerprint density at radius 1 is 1.15 bits per heavy atom. The molecule has 0 unspecified atom stereocenters. The second kappa shape index (κ2) is 7.89. The van der Waals surface area contributed by atoms with Crippen molar-refractivity contribution < 1.29 is 17.6 Å². The van der Waals surface area contributed by atoms with Gasteiger partial charge in [-0.25, -0.2) is 22.8 Å². The van der Waals surface area contributed by atoms with Crippen LogP contribution in [0, 0.1) is 5.82 Å². The lowest BCUT2D eigenvalue weighted by Gasteiger charge is -2.18. The van der Waals surface area contributed by atoms with Crippen molar-refractivity contribution >= 4 is 21.7 Å². The number of nitrogens with one attached hydrogen (secondary N) is 1. The number of carbonyl (C=O) groups is 1. The van der Waals surface area contributed by atoms with Crippen LogP contribution in [0.5, 0.6) is 0 Å². The fraction of sp³-hybridized carbons (Fsp3) is 0.261. The van der Waals surface area contributed by atoms with Crippen molar-refractivity contribution in [1.82, 2.24) is 19.6 Å². The van der Waals surface area contributed by atoms with Crippen LogP contribution in [0.3, 0.4) is 0 Å². The standard InChI is InChI=1S/C23H22FN5O3S/c1-29(16-4-5-16)33(31,32)20-7-3-14(11-18(20)24)19-12-27-22(25)21(28-19)15-2-6-17-13(10-15)8-9-26-23(17)30/h2-3,6-7,10-12,16H,4-5,8-9H2,1H3,(H2,25,27)(H,26,30). The summed E-state index contributed by atoms with van der Waals surface area (Å²) in [6.07, 6.45) is 3.68. The lowest BCUT2D eigenvalue weighted by Crippen LogP contribution is -2.31. The maximum atomic E-state index is 14.9. The number of fused-ring (bicyclic) bond motifs is 1. The van der Waals surface area contributed by atoms with Crippen molar-refractivity contribution in [3.8, 4) is 22.5 Å². The Bertz CT molecular complexity index is 1390. The molecule has 0 atom stereocenters. The molecule has 170 valence electrons. The summed E-state index contributed by atoms with van der Waals surface area (Å²) in [5, 5.41) is 2.80. The predicted octanol–water partition coefficient (Wildman–Crippen LogP) is 2.60. The summed E-state index contributed by atoms with van der Waals surface area (Å²) in [5.41, 5.74) is 9.42. The molecule has 1 fully saturated rings. The van der Waals surface area contributed by atoms with Crippen LogP contribution in [0.15, 0.2) is 47.5 Å². The van der Waals surface area contributed by atoms with Crippen LogP contribution in [0.25, 0.3) is 22.5 Å². The molecule has 5 rings (SSSR count). The van der Waals surface area contributed by atoms with E-state index in [1.165, 1.54) is 29.7 Å². The van der Waals surface area contributed by atoms with Crippen molar-refractivity contribution in [2.45, 2.75) is 30.2 Å². The number of benzene rings is 2. The zero-order valence-corrected chi connectivity index (χ0v) is 18.7. The first-order chi connectivity index (χ1) is 15.8. The molecule has 0 spiro atoms. The Labute approximate surface area is 190 Å². The van der Waals surface area contributed by atoms with Gasteiger partial charge in [0.1, 0.15) is 22.2 Å². The first-order valence-corrected chi connectivity index (χ1v) is 12.0. The molecule has 3 aromatic rings. The summed E-state index contributed by atoms with van der Waals surface area (Å²) in [6, 6.07) is 9.19. The fourth-order valence-corrected chi connectivity index (χ4v) is 5.44. The highest BCUT2D eigenvalue weighted by atomic mass is 32.2. The molecular weight excluding hydrogens is 445 g/mol. The summed E-state index contributed by atoms with van der Waals surface area (Å²) in [5.74, 6) is -0.766. The average molecular weight is 468 g/mol. The number of nitrogens with zero attached hydrogens (tertiary/aromatic N) is 3. The Morgan fingerprint density at radius 3 is 2.64 bits per heavy atom. The molecule has 1 saturated carbocycles. The molecule has 3 N–H and O–H groups in total. The van der Waals surface area contributed by atoms with Gasteiger partial charge in [-0.05, 0) is 49.1 Å². The molecule has 1 amide bonds. The van der Waals surface area contributed by atoms with Gasteiger partial charge >= 0.3 is 0 Å². The van der Waals surface area contributed by atoms with Gasteiger partial charge in [0.05, 0.1) is 11.9 Å². The first kappa shape index (κ1) is 21.5. The number of nitrogens with two attached hydrogens (primary N) is 1. The van der Waals surface area contributed by atoms with Gasteiger partial charge in [0, 0.05) is 36.3 Å². The number of anilines is 1. The van der Waals surface area contributed by atoms with Crippen molar-refractivity contribution in [3.63, 3.8) is 0 Å². The Morgan fingerprint density at radius 2 is 1.91 bits per heavy atom. The van der Waals surface area contributed by atoms with E-state index < -0.39 is 15.8 Å². The van der Waals surface area contributed by atoms with E-state index >= 15 is 0 Å². The normalized spacial score (nSPS) is 15.9. The van der Waals surface area contributed by atoms with Crippen LogP contribution in [-0.2, 0) is 16.4 Å². The lowest BCUT2D eigenvalue weighted by molar-refractivity contribution is 0.0946. The van der Waals surface area contributed by atoms with E-state index in [0.29, 0.717) is 41.0 Å². The van der Waals surface area contributed by atoms with E-state index in [1.54, 1.807) is 12.1 Å². The van der Waals surface area contributed by atoms with Crippen LogP contribution < -0.4 is 11.1 Å². The average Bonchev–Trinajstić information content (AvgIpc) is 3.64. The molecule has 0 bridgehead atoms. The minimum Gasteiger partial charge on any atom is -0.382 e. The maximum absolute atomic E-state index is 14.9. The largest absolute Gasteiger partial charge is 0.382 e. The second-order valence-electron chi connectivity index (χ2n) is 8.26. The van der Waals surface area contributed by atoms with Crippen molar-refractivity contribution in [1.29, 1.82) is 0 Å². The fourth-order valence-electron chi connectivity index (χ4n) is 3.98. The van der Waals surface area contributed by atoms with Crippen LogP contribution in [0.1, 0.15) is 28.8 Å². The Balaban J connectivity index is 1.51. The number of hydrogen-bond acceptors (Lipinski definition) is 6. The third-order valence-electron chi connectivity index (χ3n) is 6.05. The van der Waals surface area contributed by atoms with Gasteiger partial charge in [-0.15, -0.1) is 0 Å². The first-order valence-electron chi connectivity index (χ1n) is 10.6. The molecule has 2 aromatic carbocycles. The summed E-state index contributed by atoms with van der Waals surface area (Å²) >= 11 is 0. The number of rotatable bonds is 5. The van der Waals surface area contributed by atoms with Crippen LogP contribution in [-0.4, -0.2) is 48.2 Å². The predicted molar refractivity (Wildman–Crippen MR) is 121 cm³/mol. The second-order valence-corrected chi connectivity index (χ2v) is 10.2. The highest BCUT2D eigenvalue weighted by Crippen LogP contribution is 2.33. The third-order valence-corrected chi connectivity index (χ3v) is 7.99. The van der Waals surface area contributed by atoms with Crippen molar-refractivity contribution in [3.05, 3.63) is 59.5 Å². The van der Waals surface area contributed by atoms with Gasteiger partial charge in [0.25, 0.3) is 5.91 Å². The zero-order valence-electron chi connectivity index (χ0n) is 17.9. The molecular formula is C23H22FN5O3S. The summed E-state index contributed by atoms with van der Waals surface area (Å²) in [7, 11) is -2.43. The third kappa shape index (κ3) is 3.85. The van der Waals surface area contributed by atoms with Gasteiger partial charge in [0.2, 0.25) is 10.0 Å². The zero-order chi connectivity index (χ0) is 23.3. The van der Waals surface area contributed by atoms with Crippen molar-refractivity contribution in [2.24, 2.45) is 0 Å². The van der Waals surface area contributed by atoms with E-state index in [2.05, 4.69) is 15.3 Å². The Kier molecular flexibility index (Phi) is 5.13. The smallest absolute Gasteiger partial charge is 0.251 e. The number of nitrogen functional groups attached to an aromatic ring is 1. The number of halogens is 1. The lowest BCUT2D eigenvalue weighted by atomic mass is 9.96. The number of hydrogen-bond donors (Lipinski definition) is 2. The minimum absolute atomic E-state index is 0.0673. The SMILES string of the molecule is CN(C1CC1)S(=O)(=O)c1ccc(-c2cnc(N)c(-c3ccc4c(c3)CCNC4=O)n2)cc1F. The molecule has 0 radical (unpaired) electrons. The van der Waals surface area contributed by atoms with E-state index in [0.717, 1.165) is 24.5 Å². The van der Waals surface area contributed by atoms with Gasteiger partial charge < -0.3 is 11.1 Å². The van der Waals surface area contributed by atoms with Crippen LogP contribution >= 0.6 is 0 Å². The van der Waals surface area contributed by atoms with E-state index in [1.807, 2.05) is 6.07 Å². The number of amides is 1. The summed E-state index contributed by atoms with van der Waals surface area (Å²) in [6.45, 7) is 0.557. The molecule has 1 aliphatic carbocycles. The highest BCUT2D eigenvalue weighted by Gasteiger charge is 2.36. The molecule has 2 heterocycles. The summed E-state index contributed by atoms with van der Waals surface area (Å²) in [4.78, 5) is 20.4. The number of sulfonamides is 1. The van der Waals surface area contributed by atoms with Gasteiger partial charge in [-0.3, -0.25) is 4.79 Å². The topological polar surface area (TPSA) is 118 Å². The van der Waals surface area contributed by atoms with Crippen molar-refractivity contribution in [2.75, 3.05) is 19.3 Å². The number of aromatic nitrogens is 2. The van der Waals surface area contributed by atoms with Gasteiger partial charge in [0.15, 0.2) is 0 Å². The monoisotopic (exact) mass is 467 g/mol. The maximum Gasteiger partial charge on any atom is 0.251 e. The van der Waals surface area contributed by atoms with Crippen LogP contribution in [0.4, 0.5) is 10.2 Å². The van der Waals surface area contributed by atoms with Gasteiger partial charge in [-0.2, -0.15) is 4.31 Å². The highest BCUT2D eigenvalue weighted by molar-refractivity contribution is 7.89. The van der Waals surface area contributed by atoms with E-state index in [-0.39, 0.29) is 22.7 Å². The molecule has 0 saturated heterocycles. The summed E-state index contributed by atoms with van der Waals surface area (Å²) < 4.78 is 41.6. The van der Waals surface area contributed by atoms with Gasteiger partial charge in [-0.1, -0.05) is 12.1 Å². The molecule has 1 aliphatic heterocycles. The Hall–Kier alpha value is -3.37. The van der Waals surface area contributed by atoms with Crippen LogP contribution in [0.2, 0.25) is 0 Å². The minimum atomic E-state index is -3.91. The molecule has 2 aliphatic rings. The quantitative estimate of drug-likeness (QED) is 0.596. The number of carbonyl (C=O) groups excluding carboxylic acids is 1. The molecule has 8 nitrogen and oxygen atoms in total. The van der Waals surface area contributed by atoms with E-state index in [9.17, 15) is 17.6 Å². The molecule has 10 heteroatoms. The van der Waals surface area contributed by atoms with E-state index in [4.69, 9.17) is 5.73 Å².